The van der Waals surface area contributed by atoms with Crippen LogP contribution >= 0.6 is 11.8 Å². The van der Waals surface area contributed by atoms with E-state index in [9.17, 15) is 4.79 Å². The molecule has 1 saturated heterocycles. The van der Waals surface area contributed by atoms with E-state index in [4.69, 9.17) is 5.11 Å². The molecule has 2 fully saturated rings. The fourth-order valence-corrected chi connectivity index (χ4v) is 4.69. The van der Waals surface area contributed by atoms with Gasteiger partial charge in [-0.25, -0.2) is 0 Å². The van der Waals surface area contributed by atoms with Crippen molar-refractivity contribution in [2.75, 3.05) is 5.75 Å². The Morgan fingerprint density at radius 3 is 2.79 bits per heavy atom. The minimum absolute atomic E-state index is 0.362. The van der Waals surface area contributed by atoms with Crippen LogP contribution in [0.25, 0.3) is 0 Å². The van der Waals surface area contributed by atoms with Crippen LogP contribution in [0, 0.1) is 0 Å². The molecule has 102 valence electrons. The molecule has 0 radical (unpaired) electrons. The summed E-state index contributed by atoms with van der Waals surface area (Å²) in [6.07, 6.45) is 3.41. The lowest BCUT2D eigenvalue weighted by Crippen LogP contribution is -2.55. The van der Waals surface area contributed by atoms with Crippen LogP contribution in [0.5, 0.6) is 0 Å². The van der Waals surface area contributed by atoms with Gasteiger partial charge in [-0.05, 0) is 30.7 Å². The Labute approximate surface area is 117 Å². The highest BCUT2D eigenvalue weighted by molar-refractivity contribution is 8.00. The van der Waals surface area contributed by atoms with Crippen molar-refractivity contribution < 1.29 is 9.90 Å². The molecule has 4 heteroatoms. The van der Waals surface area contributed by atoms with E-state index in [0.717, 1.165) is 12.8 Å². The van der Waals surface area contributed by atoms with E-state index in [1.165, 1.54) is 12.0 Å². The fraction of sp³-hybridized carbons (Fsp3) is 0.533. The zero-order valence-electron chi connectivity index (χ0n) is 10.8. The molecule has 2 aliphatic rings. The number of benzene rings is 1. The van der Waals surface area contributed by atoms with E-state index in [0.29, 0.717) is 23.0 Å². The molecule has 4 atom stereocenters. The molecular weight excluding hydrogens is 258 g/mol. The van der Waals surface area contributed by atoms with Crippen LogP contribution in [-0.4, -0.2) is 34.2 Å². The first-order valence-corrected chi connectivity index (χ1v) is 7.94. The van der Waals surface area contributed by atoms with Gasteiger partial charge in [0.1, 0.15) is 6.04 Å². The second-order valence-electron chi connectivity index (χ2n) is 5.46. The number of rotatable bonds is 2. The molecule has 0 spiro atoms. The lowest BCUT2D eigenvalue weighted by atomic mass is 9.81. The molecule has 1 aliphatic heterocycles. The first-order chi connectivity index (χ1) is 9.24. The van der Waals surface area contributed by atoms with Crippen molar-refractivity contribution in [3.05, 3.63) is 35.9 Å². The van der Waals surface area contributed by atoms with Crippen molar-refractivity contribution in [1.29, 1.82) is 0 Å². The number of thioether (sulfide) groups is 1. The number of hydrogen-bond donors (Lipinski definition) is 2. The molecule has 3 nitrogen and oxygen atoms in total. The van der Waals surface area contributed by atoms with Crippen LogP contribution in [0.3, 0.4) is 0 Å². The van der Waals surface area contributed by atoms with Crippen LogP contribution in [0.15, 0.2) is 30.3 Å². The van der Waals surface area contributed by atoms with E-state index in [1.807, 2.05) is 11.8 Å². The highest BCUT2D eigenvalue weighted by Crippen LogP contribution is 2.40. The normalized spacial score (nSPS) is 34.5. The molecule has 0 amide bonds. The maximum atomic E-state index is 11.0. The Balaban J connectivity index is 1.65. The zero-order valence-corrected chi connectivity index (χ0v) is 11.6. The van der Waals surface area contributed by atoms with E-state index in [1.54, 1.807) is 0 Å². The van der Waals surface area contributed by atoms with E-state index in [-0.39, 0.29) is 6.04 Å². The van der Waals surface area contributed by atoms with Crippen molar-refractivity contribution in [2.24, 2.45) is 0 Å². The molecule has 19 heavy (non-hydrogen) atoms. The van der Waals surface area contributed by atoms with Gasteiger partial charge >= 0.3 is 5.97 Å². The van der Waals surface area contributed by atoms with Crippen LogP contribution in [-0.2, 0) is 4.79 Å². The van der Waals surface area contributed by atoms with Crippen molar-refractivity contribution in [3.63, 3.8) is 0 Å². The fourth-order valence-electron chi connectivity index (χ4n) is 3.20. The lowest BCUT2D eigenvalue weighted by Gasteiger charge is -2.41. The molecule has 1 aromatic rings. The van der Waals surface area contributed by atoms with E-state index >= 15 is 0 Å². The minimum Gasteiger partial charge on any atom is -0.480 e. The largest absolute Gasteiger partial charge is 0.480 e. The summed E-state index contributed by atoms with van der Waals surface area (Å²) in [4.78, 5) is 11.0. The van der Waals surface area contributed by atoms with Crippen molar-refractivity contribution in [1.82, 2.24) is 5.32 Å². The second kappa shape index (κ2) is 5.55. The highest BCUT2D eigenvalue weighted by Gasteiger charge is 2.38. The summed E-state index contributed by atoms with van der Waals surface area (Å²) in [5.74, 6) is 0.618. The number of fused-ring (bicyclic) bond motifs is 1. The molecule has 0 bridgehead atoms. The molecule has 3 rings (SSSR count). The van der Waals surface area contributed by atoms with Crippen LogP contribution in [0.4, 0.5) is 0 Å². The highest BCUT2D eigenvalue weighted by atomic mass is 32.2. The predicted molar refractivity (Wildman–Crippen MR) is 77.6 cm³/mol. The number of carboxylic acids is 1. The van der Waals surface area contributed by atoms with Crippen molar-refractivity contribution in [2.45, 2.75) is 42.5 Å². The molecule has 1 aliphatic carbocycles. The molecule has 0 aromatic heterocycles. The Hall–Kier alpha value is -1.00. The van der Waals surface area contributed by atoms with Gasteiger partial charge in [0.15, 0.2) is 0 Å². The van der Waals surface area contributed by atoms with E-state index < -0.39 is 5.97 Å². The average Bonchev–Trinajstić information content (AvgIpc) is 2.47. The Kier molecular flexibility index (Phi) is 3.80. The molecular formula is C15H19NO2S. The summed E-state index contributed by atoms with van der Waals surface area (Å²) in [5.41, 5.74) is 1.43. The standard InChI is InChI=1S/C15H19NO2S/c17-15(18)13-9-19-14-8-11(6-7-12(14)16-13)10-4-2-1-3-5-10/h1-5,11-14,16H,6-9H2,(H,17,18). The number of hydrogen-bond acceptors (Lipinski definition) is 3. The quantitative estimate of drug-likeness (QED) is 0.872. The van der Waals surface area contributed by atoms with Gasteiger partial charge in [-0.15, -0.1) is 0 Å². The molecule has 1 aromatic carbocycles. The van der Waals surface area contributed by atoms with Gasteiger partial charge in [0, 0.05) is 17.0 Å². The Morgan fingerprint density at radius 1 is 1.26 bits per heavy atom. The SMILES string of the molecule is O=C(O)C1CSC2CC(c3ccccc3)CCC2N1. The second-order valence-corrected chi connectivity index (χ2v) is 6.73. The summed E-state index contributed by atoms with van der Waals surface area (Å²) in [6.45, 7) is 0. The lowest BCUT2D eigenvalue weighted by molar-refractivity contribution is -0.139. The van der Waals surface area contributed by atoms with Crippen molar-refractivity contribution >= 4 is 17.7 Å². The van der Waals surface area contributed by atoms with Gasteiger partial charge in [0.25, 0.3) is 0 Å². The van der Waals surface area contributed by atoms with Crippen LogP contribution < -0.4 is 5.32 Å². The van der Waals surface area contributed by atoms with Gasteiger partial charge in [-0.1, -0.05) is 30.3 Å². The smallest absolute Gasteiger partial charge is 0.321 e. The van der Waals surface area contributed by atoms with Gasteiger partial charge in [0.2, 0.25) is 0 Å². The maximum absolute atomic E-state index is 11.0. The predicted octanol–water partition coefficient (Wildman–Crippen LogP) is 2.48. The van der Waals surface area contributed by atoms with Gasteiger partial charge < -0.3 is 5.11 Å². The maximum Gasteiger partial charge on any atom is 0.321 e. The Morgan fingerprint density at radius 2 is 2.05 bits per heavy atom. The number of carbonyl (C=O) groups is 1. The average molecular weight is 277 g/mol. The Bertz CT molecular complexity index is 451. The van der Waals surface area contributed by atoms with Crippen LogP contribution in [0.1, 0.15) is 30.7 Å². The summed E-state index contributed by atoms with van der Waals surface area (Å²) < 4.78 is 0. The third-order valence-corrected chi connectivity index (χ3v) is 5.73. The minimum atomic E-state index is -0.712. The number of aliphatic carboxylic acids is 1. The molecule has 1 heterocycles. The summed E-state index contributed by atoms with van der Waals surface area (Å²) in [7, 11) is 0. The topological polar surface area (TPSA) is 49.3 Å². The molecule has 2 N–H and O–H groups in total. The monoisotopic (exact) mass is 277 g/mol. The zero-order chi connectivity index (χ0) is 13.2. The number of carboxylic acid groups (broad SMARTS) is 1. The number of nitrogens with one attached hydrogen (secondary N) is 1. The first kappa shape index (κ1) is 13.0. The summed E-state index contributed by atoms with van der Waals surface area (Å²) in [5, 5.41) is 13.0. The van der Waals surface area contributed by atoms with Gasteiger partial charge in [-0.2, -0.15) is 11.8 Å². The van der Waals surface area contributed by atoms with Gasteiger partial charge in [0.05, 0.1) is 0 Å². The first-order valence-electron chi connectivity index (χ1n) is 6.89. The third-order valence-electron chi connectivity index (χ3n) is 4.25. The van der Waals surface area contributed by atoms with E-state index in [2.05, 4.69) is 35.6 Å². The summed E-state index contributed by atoms with van der Waals surface area (Å²) in [6, 6.07) is 10.7. The third kappa shape index (κ3) is 2.79. The molecule has 1 saturated carbocycles. The summed E-state index contributed by atoms with van der Waals surface area (Å²) >= 11 is 1.84. The van der Waals surface area contributed by atoms with Crippen molar-refractivity contribution in [3.8, 4) is 0 Å². The van der Waals surface area contributed by atoms with Crippen LogP contribution in [0.2, 0.25) is 0 Å². The van der Waals surface area contributed by atoms with Gasteiger partial charge in [-0.3, -0.25) is 10.1 Å². The molecule has 4 unspecified atom stereocenters.